The number of aromatic nitrogens is 2. The van der Waals surface area contributed by atoms with Crippen LogP contribution in [0.4, 0.5) is 11.4 Å². The zero-order chi connectivity index (χ0) is 24.2. The summed E-state index contributed by atoms with van der Waals surface area (Å²) in [6, 6.07) is 19.2. The molecular formula is C28H33N5OS. The molecule has 2 aromatic carbocycles. The normalized spacial score (nSPS) is 15.4. The number of H-pyrrole nitrogens is 1. The second-order valence-corrected chi connectivity index (χ2v) is 10.5. The van der Waals surface area contributed by atoms with Crippen molar-refractivity contribution in [3.63, 3.8) is 0 Å². The number of likely N-dealkylation sites (N-methyl/N-ethyl adjacent to an activating group) is 1. The van der Waals surface area contributed by atoms with E-state index in [-0.39, 0.29) is 0 Å². The third-order valence-electron chi connectivity index (χ3n) is 6.71. The number of pyridine rings is 1. The molecule has 2 N–H and O–H groups in total. The van der Waals surface area contributed by atoms with Gasteiger partial charge in [0.15, 0.2) is 0 Å². The highest BCUT2D eigenvalue weighted by atomic mass is 32.2. The lowest BCUT2D eigenvalue weighted by Crippen LogP contribution is -2.44. The summed E-state index contributed by atoms with van der Waals surface area (Å²) in [7, 11) is 1.14. The number of hydrogen-bond donors (Lipinski definition) is 2. The maximum absolute atomic E-state index is 12.1. The second-order valence-electron chi connectivity index (χ2n) is 9.24. The number of rotatable bonds is 8. The van der Waals surface area contributed by atoms with Gasteiger partial charge in [-0.25, -0.2) is 9.19 Å². The van der Waals surface area contributed by atoms with E-state index < -0.39 is 11.0 Å². The quantitative estimate of drug-likeness (QED) is 0.343. The van der Waals surface area contributed by atoms with E-state index in [2.05, 4.69) is 80.9 Å². The molecule has 1 unspecified atom stereocenters. The van der Waals surface area contributed by atoms with E-state index in [0.717, 1.165) is 72.4 Å². The van der Waals surface area contributed by atoms with Crippen LogP contribution in [0.25, 0.3) is 33.3 Å². The van der Waals surface area contributed by atoms with Crippen molar-refractivity contribution in [3.05, 3.63) is 67.0 Å². The summed E-state index contributed by atoms with van der Waals surface area (Å²) in [6.45, 7) is 6.45. The molecule has 35 heavy (non-hydrogen) atoms. The summed E-state index contributed by atoms with van der Waals surface area (Å²) in [6.07, 6.45) is 5.95. The van der Waals surface area contributed by atoms with Crippen molar-refractivity contribution >= 4 is 33.4 Å². The first-order chi connectivity index (χ1) is 17.1. The largest absolute Gasteiger partial charge is 0.369 e. The predicted octanol–water partition coefficient (Wildman–Crippen LogP) is 5.52. The molecule has 4 aromatic rings. The van der Waals surface area contributed by atoms with Crippen molar-refractivity contribution < 1.29 is 4.21 Å². The van der Waals surface area contributed by atoms with Gasteiger partial charge in [0.05, 0.1) is 0 Å². The lowest BCUT2D eigenvalue weighted by molar-refractivity contribution is 0.313. The Kier molecular flexibility index (Phi) is 7.16. The van der Waals surface area contributed by atoms with Gasteiger partial charge in [-0.3, -0.25) is 0 Å². The number of hydrogen-bond acceptors (Lipinski definition) is 4. The smallest absolute Gasteiger partial charge is 0.137 e. The first-order valence-corrected chi connectivity index (χ1v) is 13.7. The van der Waals surface area contributed by atoms with E-state index in [4.69, 9.17) is 0 Å². The van der Waals surface area contributed by atoms with Gasteiger partial charge >= 0.3 is 0 Å². The first-order valence-electron chi connectivity index (χ1n) is 12.4. The minimum Gasteiger partial charge on any atom is -0.369 e. The number of unbranched alkanes of at least 4 members (excludes halogenated alkanes) is 1. The average molecular weight is 488 g/mol. The Bertz CT molecular complexity index is 1290. The summed E-state index contributed by atoms with van der Waals surface area (Å²) in [5, 5.41) is 1.10. The highest BCUT2D eigenvalue weighted by Gasteiger charge is 2.15. The first kappa shape index (κ1) is 23.6. The molecule has 0 aliphatic carbocycles. The SMILES string of the molecule is CCCCS(=O)Nc1ccc(-c2c[nH]c3ncc(-c4ccc(N5CCN(C)CC5)cc4)cc23)cc1. The molecule has 6 nitrogen and oxygen atoms in total. The van der Waals surface area contributed by atoms with Gasteiger partial charge in [-0.05, 0) is 54.9 Å². The van der Waals surface area contributed by atoms with Crippen LogP contribution in [0, 0.1) is 0 Å². The van der Waals surface area contributed by atoms with Crippen LogP contribution in [-0.4, -0.2) is 58.1 Å². The van der Waals surface area contributed by atoms with Crippen LogP contribution in [0.5, 0.6) is 0 Å². The second kappa shape index (κ2) is 10.6. The molecule has 1 fully saturated rings. The number of anilines is 2. The molecule has 1 aliphatic heterocycles. The minimum absolute atomic E-state index is 0.672. The summed E-state index contributed by atoms with van der Waals surface area (Å²) < 4.78 is 15.2. The summed E-state index contributed by atoms with van der Waals surface area (Å²) >= 11 is 0. The molecule has 1 saturated heterocycles. The van der Waals surface area contributed by atoms with E-state index in [1.165, 1.54) is 11.3 Å². The van der Waals surface area contributed by atoms with Crippen molar-refractivity contribution in [1.82, 2.24) is 14.9 Å². The van der Waals surface area contributed by atoms with Gasteiger partial charge in [0.2, 0.25) is 0 Å². The Labute approximate surface area is 210 Å². The minimum atomic E-state index is -1.04. The van der Waals surface area contributed by atoms with Crippen LogP contribution in [0.2, 0.25) is 0 Å². The lowest BCUT2D eigenvalue weighted by Gasteiger charge is -2.34. The molecule has 1 atom stereocenters. The van der Waals surface area contributed by atoms with E-state index in [0.29, 0.717) is 5.75 Å². The highest BCUT2D eigenvalue weighted by Crippen LogP contribution is 2.32. The molecule has 5 rings (SSSR count). The van der Waals surface area contributed by atoms with Crippen molar-refractivity contribution in [1.29, 1.82) is 0 Å². The molecule has 7 heteroatoms. The zero-order valence-electron chi connectivity index (χ0n) is 20.5. The molecule has 2 aromatic heterocycles. The van der Waals surface area contributed by atoms with Crippen LogP contribution in [-0.2, 0) is 11.0 Å². The molecular weight excluding hydrogens is 454 g/mol. The average Bonchev–Trinajstić information content (AvgIpc) is 3.32. The molecule has 0 amide bonds. The molecule has 182 valence electrons. The van der Waals surface area contributed by atoms with Crippen molar-refractivity contribution in [2.24, 2.45) is 0 Å². The van der Waals surface area contributed by atoms with E-state index >= 15 is 0 Å². The zero-order valence-corrected chi connectivity index (χ0v) is 21.3. The van der Waals surface area contributed by atoms with Crippen LogP contribution < -0.4 is 9.62 Å². The maximum atomic E-state index is 12.1. The number of aromatic amines is 1. The van der Waals surface area contributed by atoms with Gasteiger partial charge < -0.3 is 19.5 Å². The third kappa shape index (κ3) is 5.41. The Hall–Kier alpha value is -3.16. The van der Waals surface area contributed by atoms with Crippen molar-refractivity contribution in [2.45, 2.75) is 19.8 Å². The van der Waals surface area contributed by atoms with E-state index in [1.54, 1.807) is 0 Å². The molecule has 1 aliphatic rings. The lowest BCUT2D eigenvalue weighted by atomic mass is 10.0. The van der Waals surface area contributed by atoms with Crippen LogP contribution in [0.1, 0.15) is 19.8 Å². The van der Waals surface area contributed by atoms with Gasteiger partial charge in [-0.15, -0.1) is 0 Å². The van der Waals surface area contributed by atoms with Crippen molar-refractivity contribution in [2.75, 3.05) is 48.6 Å². The summed E-state index contributed by atoms with van der Waals surface area (Å²) in [5.41, 5.74) is 7.52. The molecule has 3 heterocycles. The Morgan fingerprint density at radius 3 is 2.40 bits per heavy atom. The number of piperazine rings is 1. The Balaban J connectivity index is 1.35. The molecule has 0 spiro atoms. The number of nitrogens with zero attached hydrogens (tertiary/aromatic N) is 3. The topological polar surface area (TPSA) is 64.3 Å². The van der Waals surface area contributed by atoms with E-state index in [9.17, 15) is 4.21 Å². The molecule has 0 saturated carbocycles. The van der Waals surface area contributed by atoms with Gasteiger partial charge in [0, 0.05) is 72.2 Å². The number of fused-ring (bicyclic) bond motifs is 1. The fraction of sp³-hybridized carbons (Fsp3) is 0.321. The van der Waals surface area contributed by atoms with Crippen LogP contribution in [0.3, 0.4) is 0 Å². The van der Waals surface area contributed by atoms with Crippen LogP contribution >= 0.6 is 0 Å². The van der Waals surface area contributed by atoms with Crippen LogP contribution in [0.15, 0.2) is 67.0 Å². The summed E-state index contributed by atoms with van der Waals surface area (Å²) in [5.74, 6) is 0.672. The van der Waals surface area contributed by atoms with Gasteiger partial charge in [-0.2, -0.15) is 0 Å². The molecule has 0 radical (unpaired) electrons. The van der Waals surface area contributed by atoms with Crippen molar-refractivity contribution in [3.8, 4) is 22.3 Å². The van der Waals surface area contributed by atoms with Gasteiger partial charge in [-0.1, -0.05) is 37.6 Å². The fourth-order valence-electron chi connectivity index (χ4n) is 4.51. The number of benzene rings is 2. The summed E-state index contributed by atoms with van der Waals surface area (Å²) in [4.78, 5) is 12.8. The Morgan fingerprint density at radius 2 is 1.69 bits per heavy atom. The highest BCUT2D eigenvalue weighted by molar-refractivity contribution is 7.86. The van der Waals surface area contributed by atoms with Gasteiger partial charge in [0.1, 0.15) is 16.6 Å². The fourth-order valence-corrected chi connectivity index (χ4v) is 5.56. The van der Waals surface area contributed by atoms with Gasteiger partial charge in [0.25, 0.3) is 0 Å². The number of nitrogens with one attached hydrogen (secondary N) is 2. The standard InChI is InChI=1S/C28H33N5OS/c1-3-4-17-35(34)31-24-9-5-22(6-10-24)27-20-30-28-26(27)18-23(19-29-28)21-7-11-25(12-8-21)33-15-13-32(2)14-16-33/h5-12,18-20,31H,3-4,13-17H2,1-2H3,(H,29,30). The Morgan fingerprint density at radius 1 is 0.971 bits per heavy atom. The maximum Gasteiger partial charge on any atom is 0.137 e. The third-order valence-corrected chi connectivity index (χ3v) is 7.83. The predicted molar refractivity (Wildman–Crippen MR) is 148 cm³/mol. The molecule has 0 bridgehead atoms. The van der Waals surface area contributed by atoms with E-state index in [1.807, 2.05) is 24.5 Å². The monoisotopic (exact) mass is 487 g/mol.